The Labute approximate surface area is 210 Å². The van der Waals surface area contributed by atoms with Crippen LogP contribution in [0, 0.1) is 23.7 Å². The number of benzene rings is 2. The number of esters is 1. The third-order valence-corrected chi connectivity index (χ3v) is 7.81. The van der Waals surface area contributed by atoms with E-state index in [0.717, 1.165) is 12.0 Å². The highest BCUT2D eigenvalue weighted by Gasteiger charge is 2.56. The van der Waals surface area contributed by atoms with Gasteiger partial charge in [-0.1, -0.05) is 61.0 Å². The largest absolute Gasteiger partial charge is 0.507 e. The number of carbonyl (C=O) groups is 3. The first kappa shape index (κ1) is 24.4. The summed E-state index contributed by atoms with van der Waals surface area (Å²) in [4.78, 5) is 40.8. The van der Waals surface area contributed by atoms with Gasteiger partial charge in [-0.25, -0.2) is 4.79 Å². The van der Waals surface area contributed by atoms with Crippen molar-refractivity contribution < 1.29 is 33.7 Å². The van der Waals surface area contributed by atoms with Gasteiger partial charge in [-0.15, -0.1) is 0 Å². The molecular weight excluding hydrogens is 460 g/mol. The maximum Gasteiger partial charge on any atom is 0.340 e. The first-order valence-corrected chi connectivity index (χ1v) is 12.3. The van der Waals surface area contributed by atoms with E-state index >= 15 is 0 Å². The van der Waals surface area contributed by atoms with Crippen LogP contribution >= 0.6 is 0 Å². The quantitative estimate of drug-likeness (QED) is 0.493. The summed E-state index contributed by atoms with van der Waals surface area (Å²) in [5, 5.41) is 10.4. The van der Waals surface area contributed by atoms with Gasteiger partial charge >= 0.3 is 5.97 Å². The second-order valence-corrected chi connectivity index (χ2v) is 9.99. The van der Waals surface area contributed by atoms with E-state index in [1.165, 1.54) is 20.3 Å². The predicted octanol–water partition coefficient (Wildman–Crippen LogP) is 4.30. The molecule has 0 amide bonds. The molecule has 0 unspecified atom stereocenters. The average Bonchev–Trinajstić information content (AvgIpc) is 2.87. The van der Waals surface area contributed by atoms with Crippen LogP contribution in [0.2, 0.25) is 0 Å². The molecule has 3 aliphatic carbocycles. The maximum atomic E-state index is 13.9. The monoisotopic (exact) mass is 490 g/mol. The van der Waals surface area contributed by atoms with Crippen LogP contribution in [0.5, 0.6) is 5.75 Å². The number of rotatable bonds is 5. The zero-order valence-corrected chi connectivity index (χ0v) is 20.5. The Hall–Kier alpha value is -3.29. The first-order valence-electron chi connectivity index (χ1n) is 12.3. The summed E-state index contributed by atoms with van der Waals surface area (Å²) in [6.07, 6.45) is 1.10. The first-order chi connectivity index (χ1) is 17.3. The summed E-state index contributed by atoms with van der Waals surface area (Å²) >= 11 is 0. The van der Waals surface area contributed by atoms with Gasteiger partial charge in [-0.3, -0.25) is 9.59 Å². The molecule has 3 aliphatic rings. The van der Waals surface area contributed by atoms with E-state index in [-0.39, 0.29) is 34.4 Å². The van der Waals surface area contributed by atoms with E-state index in [9.17, 15) is 19.5 Å². The van der Waals surface area contributed by atoms with Gasteiger partial charge in [-0.2, -0.15) is 0 Å². The number of Topliss-reactive ketones (excluding diaryl/α,β-unsaturated/α-hetero) is 2. The lowest BCUT2D eigenvalue weighted by Gasteiger charge is -2.48. The molecule has 5 rings (SSSR count). The van der Waals surface area contributed by atoms with Crippen molar-refractivity contribution >= 4 is 17.5 Å². The number of hydrogen-bond donors (Lipinski definition) is 1. The van der Waals surface area contributed by atoms with E-state index in [4.69, 9.17) is 14.2 Å². The number of ketones is 2. The number of aromatic hydroxyl groups is 1. The fraction of sp³-hybridized carbons (Fsp3) is 0.414. The van der Waals surface area contributed by atoms with Crippen molar-refractivity contribution in [3.63, 3.8) is 0 Å². The molecule has 36 heavy (non-hydrogen) atoms. The zero-order valence-electron chi connectivity index (χ0n) is 20.5. The van der Waals surface area contributed by atoms with Gasteiger partial charge in [-0.05, 0) is 30.4 Å². The highest BCUT2D eigenvalue weighted by Crippen LogP contribution is 2.51. The van der Waals surface area contributed by atoms with Crippen LogP contribution in [-0.4, -0.2) is 49.1 Å². The molecular formula is C29H30O7. The smallest absolute Gasteiger partial charge is 0.340 e. The van der Waals surface area contributed by atoms with E-state index in [2.05, 4.69) is 6.92 Å². The maximum absolute atomic E-state index is 13.9. The lowest BCUT2D eigenvalue weighted by Crippen LogP contribution is -2.54. The number of phenols is 1. The van der Waals surface area contributed by atoms with Gasteiger partial charge in [0.2, 0.25) is 0 Å². The van der Waals surface area contributed by atoms with Crippen molar-refractivity contribution in [2.24, 2.45) is 23.7 Å². The molecule has 2 aromatic rings. The van der Waals surface area contributed by atoms with Gasteiger partial charge in [0.1, 0.15) is 11.9 Å². The van der Waals surface area contributed by atoms with Gasteiger partial charge in [0.15, 0.2) is 17.7 Å². The summed E-state index contributed by atoms with van der Waals surface area (Å²) in [5.41, 5.74) is 1.90. The van der Waals surface area contributed by atoms with Crippen molar-refractivity contribution in [1.82, 2.24) is 0 Å². The molecule has 0 aromatic heterocycles. The summed E-state index contributed by atoms with van der Waals surface area (Å²) in [6.45, 7) is 2.08. The van der Waals surface area contributed by atoms with Crippen molar-refractivity contribution in [2.75, 3.05) is 14.2 Å². The van der Waals surface area contributed by atoms with Crippen LogP contribution in [-0.2, 0) is 19.0 Å². The number of hydrogen-bond acceptors (Lipinski definition) is 7. The Kier molecular flexibility index (Phi) is 6.53. The Balaban J connectivity index is 1.54. The lowest BCUT2D eigenvalue weighted by atomic mass is 9.57. The third kappa shape index (κ3) is 3.96. The third-order valence-electron chi connectivity index (χ3n) is 7.81. The van der Waals surface area contributed by atoms with Crippen molar-refractivity contribution in [3.8, 4) is 5.75 Å². The van der Waals surface area contributed by atoms with Crippen molar-refractivity contribution in [2.45, 2.75) is 38.1 Å². The standard InChI is InChI=1S/C29H30O7/c1-15-12-17-14-20(34-2)24-25(26(31)18-10-7-11-19(30)23(18)27(24)32)22(17)21(13-15)36-29(33)28(35-3)16-8-5-4-6-9-16/h4-11,14-15,20-22,24-25,28,30H,12-13H2,1-3H3/t15-,20-,21-,22-,24-,25+,28-/m0/s1. The molecule has 7 atom stereocenters. The number of phenolic OH excluding ortho intramolecular Hbond substituents is 1. The molecule has 188 valence electrons. The van der Waals surface area contributed by atoms with Gasteiger partial charge in [0.05, 0.1) is 17.6 Å². The SMILES string of the molecule is CO[C@H](C(=O)O[C@H]1C[C@@H](C)CC2=C[C@H](OC)[C@@H]3C(=O)c4c(O)cccc4C(=O)[C@@H]3[C@@H]21)c1ccccc1. The van der Waals surface area contributed by atoms with Crippen LogP contribution in [0.25, 0.3) is 0 Å². The minimum Gasteiger partial charge on any atom is -0.507 e. The zero-order chi connectivity index (χ0) is 25.6. The number of methoxy groups -OCH3 is 2. The van der Waals surface area contributed by atoms with Crippen LogP contribution in [0.3, 0.4) is 0 Å². The molecule has 0 bridgehead atoms. The lowest BCUT2D eigenvalue weighted by molar-refractivity contribution is -0.167. The topological polar surface area (TPSA) is 99.1 Å². The number of carbonyl (C=O) groups excluding carboxylic acids is 3. The average molecular weight is 491 g/mol. The molecule has 0 saturated heterocycles. The van der Waals surface area contributed by atoms with E-state index in [1.807, 2.05) is 24.3 Å². The summed E-state index contributed by atoms with van der Waals surface area (Å²) in [5.74, 6) is -3.09. The van der Waals surface area contributed by atoms with Crippen LogP contribution < -0.4 is 0 Å². The Morgan fingerprint density at radius 3 is 2.42 bits per heavy atom. The Bertz CT molecular complexity index is 1220. The molecule has 0 radical (unpaired) electrons. The Morgan fingerprint density at radius 1 is 0.972 bits per heavy atom. The summed E-state index contributed by atoms with van der Waals surface area (Å²) in [7, 11) is 2.98. The molecule has 1 saturated carbocycles. The molecule has 1 fully saturated rings. The van der Waals surface area contributed by atoms with Crippen LogP contribution in [0.4, 0.5) is 0 Å². The summed E-state index contributed by atoms with van der Waals surface area (Å²) < 4.78 is 17.3. The highest BCUT2D eigenvalue weighted by molar-refractivity contribution is 6.18. The fourth-order valence-electron chi connectivity index (χ4n) is 6.32. The van der Waals surface area contributed by atoms with Gasteiger partial charge < -0.3 is 19.3 Å². The minimum absolute atomic E-state index is 0.0453. The van der Waals surface area contributed by atoms with E-state index < -0.39 is 42.0 Å². The normalized spacial score (nSPS) is 29.9. The predicted molar refractivity (Wildman–Crippen MR) is 131 cm³/mol. The molecule has 0 aliphatic heterocycles. The fourth-order valence-corrected chi connectivity index (χ4v) is 6.32. The van der Waals surface area contributed by atoms with Crippen molar-refractivity contribution in [3.05, 3.63) is 76.9 Å². The van der Waals surface area contributed by atoms with E-state index in [0.29, 0.717) is 12.0 Å². The molecule has 0 heterocycles. The molecule has 7 heteroatoms. The second kappa shape index (κ2) is 9.64. The van der Waals surface area contributed by atoms with Crippen molar-refractivity contribution in [1.29, 1.82) is 0 Å². The van der Waals surface area contributed by atoms with Crippen LogP contribution in [0.15, 0.2) is 60.2 Å². The number of fused-ring (bicyclic) bond motifs is 4. The molecule has 0 spiro atoms. The van der Waals surface area contributed by atoms with Gasteiger partial charge in [0.25, 0.3) is 0 Å². The van der Waals surface area contributed by atoms with E-state index in [1.54, 1.807) is 24.3 Å². The van der Waals surface area contributed by atoms with Crippen LogP contribution in [0.1, 0.15) is 52.1 Å². The number of ether oxygens (including phenoxy) is 3. The second-order valence-electron chi connectivity index (χ2n) is 9.99. The minimum atomic E-state index is -0.900. The Morgan fingerprint density at radius 2 is 1.72 bits per heavy atom. The molecule has 2 aromatic carbocycles. The molecule has 1 N–H and O–H groups in total. The highest BCUT2D eigenvalue weighted by atomic mass is 16.6. The van der Waals surface area contributed by atoms with Gasteiger partial charge in [0, 0.05) is 31.6 Å². The summed E-state index contributed by atoms with van der Waals surface area (Å²) in [6, 6.07) is 13.7. The molecule has 7 nitrogen and oxygen atoms in total.